The fourth-order valence-corrected chi connectivity index (χ4v) is 2.33. The van der Waals surface area contributed by atoms with Crippen molar-refractivity contribution < 1.29 is 0 Å². The number of aromatic nitrogens is 2. The highest BCUT2D eigenvalue weighted by molar-refractivity contribution is 6.34. The van der Waals surface area contributed by atoms with E-state index in [9.17, 15) is 0 Å². The molecule has 0 atom stereocenters. The standard InChI is InChI=1S/C11H12ClN3/c12-11-9-7-8(15-5-1-2-6-15)3-4-10(9)13-14-11/h3-4,7H,1-2,5-6H2,(H,13,14). The highest BCUT2D eigenvalue weighted by Crippen LogP contribution is 2.27. The monoisotopic (exact) mass is 221 g/mol. The fraction of sp³-hybridized carbons (Fsp3) is 0.364. The number of anilines is 1. The predicted molar refractivity (Wildman–Crippen MR) is 62.6 cm³/mol. The van der Waals surface area contributed by atoms with E-state index >= 15 is 0 Å². The second-order valence-corrected chi connectivity index (χ2v) is 4.31. The molecule has 78 valence electrons. The molecule has 1 fully saturated rings. The SMILES string of the molecule is Clc1[nH]nc2ccc(N3CCCC3)cc12. The Morgan fingerprint density at radius 2 is 2.07 bits per heavy atom. The normalized spacial score (nSPS) is 16.5. The van der Waals surface area contributed by atoms with Crippen LogP contribution < -0.4 is 4.90 Å². The van der Waals surface area contributed by atoms with Crippen LogP contribution in [-0.2, 0) is 0 Å². The second kappa shape index (κ2) is 3.42. The van der Waals surface area contributed by atoms with Gasteiger partial charge in [-0.1, -0.05) is 11.6 Å². The van der Waals surface area contributed by atoms with Crippen LogP contribution in [-0.4, -0.2) is 23.3 Å². The van der Waals surface area contributed by atoms with Gasteiger partial charge in [-0.3, -0.25) is 5.10 Å². The Bertz CT molecular complexity index is 486. The van der Waals surface area contributed by atoms with Crippen molar-refractivity contribution in [1.82, 2.24) is 10.2 Å². The Kier molecular flexibility index (Phi) is 2.06. The summed E-state index contributed by atoms with van der Waals surface area (Å²) in [5, 5.41) is 8.55. The Morgan fingerprint density at radius 1 is 1.27 bits per heavy atom. The van der Waals surface area contributed by atoms with Gasteiger partial charge in [0.15, 0.2) is 0 Å². The summed E-state index contributed by atoms with van der Waals surface area (Å²) in [5.41, 5.74) is 2.19. The van der Waals surface area contributed by atoms with E-state index in [1.807, 2.05) is 6.07 Å². The van der Waals surface area contributed by atoms with Gasteiger partial charge in [-0.15, -0.1) is 0 Å². The molecule has 4 heteroatoms. The summed E-state index contributed by atoms with van der Waals surface area (Å²) in [6.07, 6.45) is 2.58. The molecule has 1 aromatic carbocycles. The molecule has 1 aliphatic heterocycles. The molecular weight excluding hydrogens is 210 g/mol. The van der Waals surface area contributed by atoms with Gasteiger partial charge < -0.3 is 4.90 Å². The quantitative estimate of drug-likeness (QED) is 0.803. The molecule has 2 heterocycles. The van der Waals surface area contributed by atoms with E-state index in [4.69, 9.17) is 11.6 Å². The van der Waals surface area contributed by atoms with Crippen molar-refractivity contribution in [2.45, 2.75) is 12.8 Å². The number of rotatable bonds is 1. The molecule has 0 spiro atoms. The van der Waals surface area contributed by atoms with E-state index < -0.39 is 0 Å². The van der Waals surface area contributed by atoms with E-state index in [1.54, 1.807) is 0 Å². The largest absolute Gasteiger partial charge is 0.372 e. The first-order valence-corrected chi connectivity index (χ1v) is 5.61. The zero-order valence-corrected chi connectivity index (χ0v) is 9.09. The van der Waals surface area contributed by atoms with Gasteiger partial charge in [-0.2, -0.15) is 5.10 Å². The summed E-state index contributed by atoms with van der Waals surface area (Å²) < 4.78 is 0. The number of nitrogens with one attached hydrogen (secondary N) is 1. The van der Waals surface area contributed by atoms with Crippen LogP contribution in [0.25, 0.3) is 10.9 Å². The summed E-state index contributed by atoms with van der Waals surface area (Å²) >= 11 is 6.01. The molecular formula is C11H12ClN3. The Balaban J connectivity index is 2.08. The molecule has 0 unspecified atom stereocenters. The zero-order chi connectivity index (χ0) is 10.3. The van der Waals surface area contributed by atoms with E-state index in [0.717, 1.165) is 24.0 Å². The minimum absolute atomic E-state index is 0.631. The number of hydrogen-bond donors (Lipinski definition) is 1. The van der Waals surface area contributed by atoms with Crippen LogP contribution in [0, 0.1) is 0 Å². The van der Waals surface area contributed by atoms with Gasteiger partial charge >= 0.3 is 0 Å². The first-order chi connectivity index (χ1) is 7.34. The lowest BCUT2D eigenvalue weighted by molar-refractivity contribution is 0.949. The van der Waals surface area contributed by atoms with Gasteiger partial charge in [0.1, 0.15) is 5.15 Å². The number of hydrogen-bond acceptors (Lipinski definition) is 2. The summed E-state index contributed by atoms with van der Waals surface area (Å²) in [7, 11) is 0. The van der Waals surface area contributed by atoms with E-state index in [-0.39, 0.29) is 0 Å². The number of halogens is 1. The smallest absolute Gasteiger partial charge is 0.132 e. The average Bonchev–Trinajstić information content (AvgIpc) is 2.88. The maximum absolute atomic E-state index is 6.01. The van der Waals surface area contributed by atoms with Crippen molar-refractivity contribution >= 4 is 28.2 Å². The third-order valence-corrected chi connectivity index (χ3v) is 3.25. The van der Waals surface area contributed by atoms with Crippen LogP contribution >= 0.6 is 11.6 Å². The maximum Gasteiger partial charge on any atom is 0.132 e. The Labute approximate surface area is 93.0 Å². The van der Waals surface area contributed by atoms with Gasteiger partial charge in [-0.05, 0) is 31.0 Å². The van der Waals surface area contributed by atoms with Gasteiger partial charge in [0, 0.05) is 24.2 Å². The third kappa shape index (κ3) is 1.47. The summed E-state index contributed by atoms with van der Waals surface area (Å²) in [4.78, 5) is 2.39. The lowest BCUT2D eigenvalue weighted by Gasteiger charge is -2.17. The van der Waals surface area contributed by atoms with E-state index in [1.165, 1.54) is 18.5 Å². The molecule has 1 aromatic heterocycles. The molecule has 3 nitrogen and oxygen atoms in total. The topological polar surface area (TPSA) is 31.9 Å². The lowest BCUT2D eigenvalue weighted by Crippen LogP contribution is -2.17. The molecule has 0 bridgehead atoms. The third-order valence-electron chi connectivity index (χ3n) is 2.96. The van der Waals surface area contributed by atoms with Crippen molar-refractivity contribution in [3.8, 4) is 0 Å². The summed E-state index contributed by atoms with van der Waals surface area (Å²) in [6.45, 7) is 2.31. The highest BCUT2D eigenvalue weighted by atomic mass is 35.5. The number of aromatic amines is 1. The minimum Gasteiger partial charge on any atom is -0.372 e. The Morgan fingerprint density at radius 3 is 2.87 bits per heavy atom. The number of benzene rings is 1. The average molecular weight is 222 g/mol. The van der Waals surface area contributed by atoms with Crippen molar-refractivity contribution in [2.75, 3.05) is 18.0 Å². The molecule has 0 saturated carbocycles. The van der Waals surface area contributed by atoms with Crippen LogP contribution in [0.4, 0.5) is 5.69 Å². The minimum atomic E-state index is 0.631. The van der Waals surface area contributed by atoms with Crippen molar-refractivity contribution in [1.29, 1.82) is 0 Å². The maximum atomic E-state index is 6.01. The van der Waals surface area contributed by atoms with Crippen molar-refractivity contribution in [2.24, 2.45) is 0 Å². The van der Waals surface area contributed by atoms with Gasteiger partial charge in [0.25, 0.3) is 0 Å². The molecule has 1 N–H and O–H groups in total. The summed E-state index contributed by atoms with van der Waals surface area (Å²) in [5.74, 6) is 0. The number of H-pyrrole nitrogens is 1. The van der Waals surface area contributed by atoms with Crippen LogP contribution in [0.3, 0.4) is 0 Å². The van der Waals surface area contributed by atoms with Crippen molar-refractivity contribution in [3.05, 3.63) is 23.4 Å². The van der Waals surface area contributed by atoms with Crippen LogP contribution in [0.5, 0.6) is 0 Å². The predicted octanol–water partition coefficient (Wildman–Crippen LogP) is 2.82. The molecule has 15 heavy (non-hydrogen) atoms. The molecule has 0 aliphatic carbocycles. The fourth-order valence-electron chi connectivity index (χ4n) is 2.14. The molecule has 0 radical (unpaired) electrons. The first-order valence-electron chi connectivity index (χ1n) is 5.23. The lowest BCUT2D eigenvalue weighted by atomic mass is 10.2. The van der Waals surface area contributed by atoms with E-state index in [2.05, 4.69) is 27.2 Å². The van der Waals surface area contributed by atoms with Gasteiger partial charge in [0.05, 0.1) is 5.52 Å². The zero-order valence-electron chi connectivity index (χ0n) is 8.33. The Hall–Kier alpha value is -1.22. The summed E-state index contributed by atoms with van der Waals surface area (Å²) in [6, 6.07) is 6.25. The molecule has 1 aliphatic rings. The molecule has 1 saturated heterocycles. The molecule has 2 aromatic rings. The van der Waals surface area contributed by atoms with Crippen LogP contribution in [0.1, 0.15) is 12.8 Å². The van der Waals surface area contributed by atoms with Gasteiger partial charge in [-0.25, -0.2) is 0 Å². The number of fused-ring (bicyclic) bond motifs is 1. The van der Waals surface area contributed by atoms with E-state index in [0.29, 0.717) is 5.15 Å². The van der Waals surface area contributed by atoms with Crippen molar-refractivity contribution in [3.63, 3.8) is 0 Å². The molecule has 0 amide bonds. The van der Waals surface area contributed by atoms with Crippen LogP contribution in [0.15, 0.2) is 18.2 Å². The molecule has 3 rings (SSSR count). The second-order valence-electron chi connectivity index (χ2n) is 3.93. The van der Waals surface area contributed by atoms with Gasteiger partial charge in [0.2, 0.25) is 0 Å². The highest BCUT2D eigenvalue weighted by Gasteiger charge is 2.13. The van der Waals surface area contributed by atoms with Crippen LogP contribution in [0.2, 0.25) is 5.15 Å². The first kappa shape index (κ1) is 9.04. The number of nitrogens with zero attached hydrogens (tertiary/aromatic N) is 2.